The summed E-state index contributed by atoms with van der Waals surface area (Å²) in [6.07, 6.45) is 4.14. The summed E-state index contributed by atoms with van der Waals surface area (Å²) in [4.78, 5) is 26.0. The van der Waals surface area contributed by atoms with Crippen LogP contribution in [-0.4, -0.2) is 58.8 Å². The number of carboxylic acid groups (broad SMARTS) is 1. The zero-order valence-electron chi connectivity index (χ0n) is 12.3. The van der Waals surface area contributed by atoms with Crippen molar-refractivity contribution in [2.24, 2.45) is 0 Å². The Kier molecular flexibility index (Phi) is 4.72. The average Bonchev–Trinajstić information content (AvgIpc) is 2.98. The number of aliphatic carboxylic acids is 1. The normalized spacial score (nSPS) is 15.0. The molecule has 1 amide bonds. The van der Waals surface area contributed by atoms with Crippen molar-refractivity contribution in [1.29, 1.82) is 0 Å². The second-order valence-electron chi connectivity index (χ2n) is 5.44. The highest BCUT2D eigenvalue weighted by Gasteiger charge is 2.26. The summed E-state index contributed by atoms with van der Waals surface area (Å²) in [5.41, 5.74) is 0.255. The van der Waals surface area contributed by atoms with Gasteiger partial charge in [-0.1, -0.05) is 12.8 Å². The van der Waals surface area contributed by atoms with Gasteiger partial charge in [-0.05, 0) is 25.0 Å². The van der Waals surface area contributed by atoms with E-state index in [4.69, 9.17) is 5.11 Å². The van der Waals surface area contributed by atoms with Crippen molar-refractivity contribution >= 4 is 17.7 Å². The van der Waals surface area contributed by atoms with Crippen LogP contribution in [-0.2, 0) is 4.79 Å². The topological polar surface area (TPSA) is 86.6 Å². The van der Waals surface area contributed by atoms with E-state index in [1.165, 1.54) is 4.90 Å². The first-order valence-electron chi connectivity index (χ1n) is 7.03. The molecule has 7 nitrogen and oxygen atoms in total. The molecule has 21 heavy (non-hydrogen) atoms. The third-order valence-electron chi connectivity index (χ3n) is 3.64. The van der Waals surface area contributed by atoms with Gasteiger partial charge in [0.1, 0.15) is 6.54 Å². The van der Waals surface area contributed by atoms with Crippen molar-refractivity contribution in [3.63, 3.8) is 0 Å². The maximum atomic E-state index is 11.8. The largest absolute Gasteiger partial charge is 0.480 e. The molecule has 0 unspecified atom stereocenters. The highest BCUT2D eigenvalue weighted by Crippen LogP contribution is 2.26. The first-order chi connectivity index (χ1) is 9.99. The number of aromatic nitrogens is 2. The molecule has 0 aliphatic heterocycles. The van der Waals surface area contributed by atoms with Gasteiger partial charge >= 0.3 is 5.97 Å². The Balaban J connectivity index is 2.19. The van der Waals surface area contributed by atoms with Gasteiger partial charge < -0.3 is 14.9 Å². The van der Waals surface area contributed by atoms with Crippen molar-refractivity contribution in [3.05, 3.63) is 17.8 Å². The number of carbonyl (C=O) groups is 2. The Bertz CT molecular complexity index is 509. The van der Waals surface area contributed by atoms with Crippen LogP contribution in [0.5, 0.6) is 0 Å². The lowest BCUT2D eigenvalue weighted by Crippen LogP contribution is -2.38. The van der Waals surface area contributed by atoms with Gasteiger partial charge in [-0.25, -0.2) is 0 Å². The SMILES string of the molecule is CN(C)C(=O)c1ccc(N(CC(=O)O)C2CCCC2)nn1. The fraction of sp³-hybridized carbons (Fsp3) is 0.571. The summed E-state index contributed by atoms with van der Waals surface area (Å²) >= 11 is 0. The minimum absolute atomic E-state index is 0.0969. The molecule has 1 aromatic heterocycles. The molecule has 0 saturated heterocycles. The molecule has 114 valence electrons. The van der Waals surface area contributed by atoms with E-state index in [1.807, 2.05) is 0 Å². The Morgan fingerprint density at radius 2 is 1.90 bits per heavy atom. The number of hydrogen-bond acceptors (Lipinski definition) is 5. The third kappa shape index (κ3) is 3.68. The molecule has 0 radical (unpaired) electrons. The van der Waals surface area contributed by atoms with Crippen molar-refractivity contribution < 1.29 is 14.7 Å². The fourth-order valence-corrected chi connectivity index (χ4v) is 2.58. The molecule has 1 aromatic rings. The molecule has 2 rings (SSSR count). The number of anilines is 1. The number of amides is 1. The second-order valence-corrected chi connectivity index (χ2v) is 5.44. The highest BCUT2D eigenvalue weighted by atomic mass is 16.4. The van der Waals surface area contributed by atoms with E-state index in [2.05, 4.69) is 10.2 Å². The van der Waals surface area contributed by atoms with Crippen molar-refractivity contribution in [2.45, 2.75) is 31.7 Å². The Morgan fingerprint density at radius 3 is 2.38 bits per heavy atom. The van der Waals surface area contributed by atoms with Gasteiger partial charge in [0, 0.05) is 20.1 Å². The molecule has 1 aliphatic carbocycles. The molecular weight excluding hydrogens is 272 g/mol. The lowest BCUT2D eigenvalue weighted by molar-refractivity contribution is -0.135. The van der Waals surface area contributed by atoms with E-state index < -0.39 is 5.97 Å². The molecule has 0 aromatic carbocycles. The van der Waals surface area contributed by atoms with Crippen molar-refractivity contribution in [3.8, 4) is 0 Å². The molecule has 0 atom stereocenters. The van der Waals surface area contributed by atoms with Crippen LogP contribution in [0.25, 0.3) is 0 Å². The van der Waals surface area contributed by atoms with E-state index in [1.54, 1.807) is 31.1 Å². The maximum absolute atomic E-state index is 11.8. The van der Waals surface area contributed by atoms with Gasteiger partial charge in [0.15, 0.2) is 11.5 Å². The summed E-state index contributed by atoms with van der Waals surface area (Å²) in [5.74, 6) is -0.601. The Morgan fingerprint density at radius 1 is 1.24 bits per heavy atom. The van der Waals surface area contributed by atoms with Crippen LogP contribution in [0.1, 0.15) is 36.2 Å². The van der Waals surface area contributed by atoms with Crippen molar-refractivity contribution in [1.82, 2.24) is 15.1 Å². The Labute approximate surface area is 123 Å². The van der Waals surface area contributed by atoms with Crippen LogP contribution in [0.4, 0.5) is 5.82 Å². The molecule has 0 spiro atoms. The van der Waals surface area contributed by atoms with Crippen LogP contribution in [0, 0.1) is 0 Å². The van der Waals surface area contributed by atoms with Crippen LogP contribution in [0.3, 0.4) is 0 Å². The number of nitrogens with zero attached hydrogens (tertiary/aromatic N) is 4. The summed E-state index contributed by atoms with van der Waals surface area (Å²) in [7, 11) is 3.29. The zero-order chi connectivity index (χ0) is 15.4. The molecule has 1 aliphatic rings. The first kappa shape index (κ1) is 15.2. The zero-order valence-corrected chi connectivity index (χ0v) is 12.3. The van der Waals surface area contributed by atoms with E-state index in [0.29, 0.717) is 5.82 Å². The predicted molar refractivity (Wildman–Crippen MR) is 77.3 cm³/mol. The average molecular weight is 292 g/mol. The summed E-state index contributed by atoms with van der Waals surface area (Å²) in [5, 5.41) is 17.0. The lowest BCUT2D eigenvalue weighted by Gasteiger charge is -2.27. The standard InChI is InChI=1S/C14H20N4O3/c1-17(2)14(21)11-7-8-12(16-15-11)18(9-13(19)20)10-5-3-4-6-10/h7-8,10H,3-6,9H2,1-2H3,(H,19,20). The minimum atomic E-state index is -0.892. The van der Waals surface area contributed by atoms with E-state index >= 15 is 0 Å². The fourth-order valence-electron chi connectivity index (χ4n) is 2.58. The molecule has 1 N–H and O–H groups in total. The summed E-state index contributed by atoms with van der Waals surface area (Å²) in [6.45, 7) is -0.0969. The van der Waals surface area contributed by atoms with Gasteiger partial charge in [0.2, 0.25) is 0 Å². The molecular formula is C14H20N4O3. The van der Waals surface area contributed by atoms with E-state index in [9.17, 15) is 9.59 Å². The molecule has 1 heterocycles. The van der Waals surface area contributed by atoms with Crippen LogP contribution in [0.2, 0.25) is 0 Å². The van der Waals surface area contributed by atoms with Gasteiger partial charge in [0.05, 0.1) is 0 Å². The van der Waals surface area contributed by atoms with Gasteiger partial charge in [-0.2, -0.15) is 0 Å². The number of carbonyl (C=O) groups excluding carboxylic acids is 1. The summed E-state index contributed by atoms with van der Waals surface area (Å²) < 4.78 is 0. The van der Waals surface area contributed by atoms with Crippen LogP contribution in [0.15, 0.2) is 12.1 Å². The predicted octanol–water partition coefficient (Wildman–Crippen LogP) is 1.01. The van der Waals surface area contributed by atoms with Gasteiger partial charge in [-0.3, -0.25) is 9.59 Å². The lowest BCUT2D eigenvalue weighted by atomic mass is 10.2. The van der Waals surface area contributed by atoms with Crippen LogP contribution < -0.4 is 4.90 Å². The van der Waals surface area contributed by atoms with E-state index in [0.717, 1.165) is 25.7 Å². The number of rotatable bonds is 5. The second kappa shape index (κ2) is 6.51. The number of hydrogen-bond donors (Lipinski definition) is 1. The molecule has 7 heteroatoms. The van der Waals surface area contributed by atoms with Gasteiger partial charge in [0.25, 0.3) is 5.91 Å². The van der Waals surface area contributed by atoms with E-state index in [-0.39, 0.29) is 24.2 Å². The summed E-state index contributed by atoms with van der Waals surface area (Å²) in [6, 6.07) is 3.45. The minimum Gasteiger partial charge on any atom is -0.480 e. The quantitative estimate of drug-likeness (QED) is 0.871. The molecule has 0 bridgehead atoms. The van der Waals surface area contributed by atoms with Crippen molar-refractivity contribution in [2.75, 3.05) is 25.5 Å². The first-order valence-corrected chi connectivity index (χ1v) is 7.03. The Hall–Kier alpha value is -2.18. The highest BCUT2D eigenvalue weighted by molar-refractivity contribution is 5.91. The number of carboxylic acids is 1. The third-order valence-corrected chi connectivity index (χ3v) is 3.64. The smallest absolute Gasteiger partial charge is 0.323 e. The monoisotopic (exact) mass is 292 g/mol. The van der Waals surface area contributed by atoms with Crippen LogP contribution >= 0.6 is 0 Å². The van der Waals surface area contributed by atoms with Gasteiger partial charge in [-0.15, -0.1) is 10.2 Å². The maximum Gasteiger partial charge on any atom is 0.323 e. The molecule has 1 saturated carbocycles. The molecule has 1 fully saturated rings.